The molecule has 3 nitrogen and oxygen atoms in total. The molecule has 2 rings (SSSR count). The van der Waals surface area contributed by atoms with Crippen LogP contribution in [0.1, 0.15) is 38.5 Å². The Kier molecular flexibility index (Phi) is 4.03. The van der Waals surface area contributed by atoms with E-state index in [1.165, 1.54) is 38.5 Å². The normalized spacial score (nSPS) is 17.2. The van der Waals surface area contributed by atoms with Gasteiger partial charge in [0.15, 0.2) is 0 Å². The standard InChI is InChI=1S/C13H21N3/c14-12-7-4-8-13(16-12)15-10-9-11-5-2-1-3-6-11/h4,7-8,11H,1-3,5-6,9-10H2,(H3,14,15,16). The first-order chi connectivity index (χ1) is 7.84. The molecule has 0 unspecified atom stereocenters. The second-order valence-corrected chi connectivity index (χ2v) is 4.67. The molecule has 16 heavy (non-hydrogen) atoms. The summed E-state index contributed by atoms with van der Waals surface area (Å²) in [5.41, 5.74) is 5.62. The van der Waals surface area contributed by atoms with Gasteiger partial charge in [-0.3, -0.25) is 0 Å². The topological polar surface area (TPSA) is 50.9 Å². The van der Waals surface area contributed by atoms with Crippen molar-refractivity contribution in [3.8, 4) is 0 Å². The third-order valence-electron chi connectivity index (χ3n) is 3.35. The Labute approximate surface area is 97.5 Å². The number of anilines is 2. The largest absolute Gasteiger partial charge is 0.384 e. The number of nitrogens with one attached hydrogen (secondary N) is 1. The zero-order valence-corrected chi connectivity index (χ0v) is 9.78. The fourth-order valence-corrected chi connectivity index (χ4v) is 2.43. The molecule has 1 aliphatic carbocycles. The lowest BCUT2D eigenvalue weighted by molar-refractivity contribution is 0.345. The fourth-order valence-electron chi connectivity index (χ4n) is 2.43. The van der Waals surface area contributed by atoms with Crippen molar-refractivity contribution in [1.29, 1.82) is 0 Å². The van der Waals surface area contributed by atoms with Crippen molar-refractivity contribution in [2.75, 3.05) is 17.6 Å². The van der Waals surface area contributed by atoms with Crippen molar-refractivity contribution in [1.82, 2.24) is 4.98 Å². The van der Waals surface area contributed by atoms with Gasteiger partial charge in [0.1, 0.15) is 11.6 Å². The van der Waals surface area contributed by atoms with Gasteiger partial charge in [0.25, 0.3) is 0 Å². The van der Waals surface area contributed by atoms with Crippen LogP contribution in [0.15, 0.2) is 18.2 Å². The predicted octanol–water partition coefficient (Wildman–Crippen LogP) is 3.05. The average Bonchev–Trinajstić information content (AvgIpc) is 2.30. The van der Waals surface area contributed by atoms with Crippen molar-refractivity contribution >= 4 is 11.6 Å². The molecule has 1 aromatic rings. The van der Waals surface area contributed by atoms with E-state index in [2.05, 4.69) is 10.3 Å². The summed E-state index contributed by atoms with van der Waals surface area (Å²) in [6, 6.07) is 5.72. The second kappa shape index (κ2) is 5.73. The van der Waals surface area contributed by atoms with E-state index in [1.54, 1.807) is 0 Å². The molecule has 0 atom stereocenters. The number of pyridine rings is 1. The van der Waals surface area contributed by atoms with Crippen molar-refractivity contribution in [3.63, 3.8) is 0 Å². The molecule has 0 amide bonds. The number of nitrogens with zero attached hydrogens (tertiary/aromatic N) is 1. The highest BCUT2D eigenvalue weighted by Crippen LogP contribution is 2.26. The van der Waals surface area contributed by atoms with Gasteiger partial charge in [0.05, 0.1) is 0 Å². The van der Waals surface area contributed by atoms with Crippen LogP contribution >= 0.6 is 0 Å². The third kappa shape index (κ3) is 3.40. The molecule has 0 aromatic carbocycles. The number of nitrogens with two attached hydrogens (primary N) is 1. The van der Waals surface area contributed by atoms with Crippen LogP contribution in [0, 0.1) is 5.92 Å². The van der Waals surface area contributed by atoms with Gasteiger partial charge in [-0.25, -0.2) is 4.98 Å². The first-order valence-electron chi connectivity index (χ1n) is 6.31. The molecule has 1 aromatic heterocycles. The van der Waals surface area contributed by atoms with E-state index in [4.69, 9.17) is 5.73 Å². The van der Waals surface area contributed by atoms with Crippen LogP contribution in [0.4, 0.5) is 11.6 Å². The number of aromatic nitrogens is 1. The lowest BCUT2D eigenvalue weighted by Crippen LogP contribution is -2.12. The molecule has 1 aliphatic rings. The van der Waals surface area contributed by atoms with Crippen LogP contribution < -0.4 is 11.1 Å². The van der Waals surface area contributed by atoms with Gasteiger partial charge in [-0.1, -0.05) is 38.2 Å². The van der Waals surface area contributed by atoms with Gasteiger partial charge < -0.3 is 11.1 Å². The van der Waals surface area contributed by atoms with E-state index < -0.39 is 0 Å². The van der Waals surface area contributed by atoms with E-state index in [0.29, 0.717) is 5.82 Å². The Morgan fingerprint density at radius 3 is 2.81 bits per heavy atom. The van der Waals surface area contributed by atoms with Gasteiger partial charge in [0, 0.05) is 6.54 Å². The minimum Gasteiger partial charge on any atom is -0.384 e. The molecule has 1 saturated carbocycles. The Hall–Kier alpha value is -1.25. The van der Waals surface area contributed by atoms with Gasteiger partial charge in [-0.15, -0.1) is 0 Å². The zero-order chi connectivity index (χ0) is 11.2. The Morgan fingerprint density at radius 1 is 1.25 bits per heavy atom. The average molecular weight is 219 g/mol. The van der Waals surface area contributed by atoms with E-state index in [0.717, 1.165) is 18.3 Å². The highest BCUT2D eigenvalue weighted by Gasteiger charge is 2.12. The van der Waals surface area contributed by atoms with E-state index in [1.807, 2.05) is 18.2 Å². The second-order valence-electron chi connectivity index (χ2n) is 4.67. The third-order valence-corrected chi connectivity index (χ3v) is 3.35. The summed E-state index contributed by atoms with van der Waals surface area (Å²) in [6.45, 7) is 1.02. The van der Waals surface area contributed by atoms with Crippen LogP contribution in [0.2, 0.25) is 0 Å². The monoisotopic (exact) mass is 219 g/mol. The maximum Gasteiger partial charge on any atom is 0.128 e. The quantitative estimate of drug-likeness (QED) is 0.818. The van der Waals surface area contributed by atoms with Crippen LogP contribution in [0.5, 0.6) is 0 Å². The van der Waals surface area contributed by atoms with Gasteiger partial charge >= 0.3 is 0 Å². The summed E-state index contributed by atoms with van der Waals surface area (Å²) in [5.74, 6) is 2.40. The Balaban J connectivity index is 1.71. The van der Waals surface area contributed by atoms with Crippen LogP contribution in [-0.2, 0) is 0 Å². The molecule has 88 valence electrons. The molecule has 3 N–H and O–H groups in total. The maximum absolute atomic E-state index is 5.62. The van der Waals surface area contributed by atoms with E-state index >= 15 is 0 Å². The van der Waals surface area contributed by atoms with Crippen molar-refractivity contribution in [2.45, 2.75) is 38.5 Å². The minimum atomic E-state index is 0.586. The minimum absolute atomic E-state index is 0.586. The Bertz CT molecular complexity index is 319. The number of hydrogen-bond donors (Lipinski definition) is 2. The summed E-state index contributed by atoms with van der Waals surface area (Å²) >= 11 is 0. The maximum atomic E-state index is 5.62. The van der Waals surface area contributed by atoms with Crippen LogP contribution in [0.3, 0.4) is 0 Å². The van der Waals surface area contributed by atoms with Crippen LogP contribution in [0.25, 0.3) is 0 Å². The van der Waals surface area contributed by atoms with Gasteiger partial charge in [0.2, 0.25) is 0 Å². The smallest absolute Gasteiger partial charge is 0.128 e. The summed E-state index contributed by atoms with van der Waals surface area (Å²) in [7, 11) is 0. The SMILES string of the molecule is Nc1cccc(NCCC2CCCCC2)n1. The zero-order valence-electron chi connectivity index (χ0n) is 9.78. The van der Waals surface area contributed by atoms with E-state index in [-0.39, 0.29) is 0 Å². The van der Waals surface area contributed by atoms with Gasteiger partial charge in [-0.05, 0) is 24.5 Å². The van der Waals surface area contributed by atoms with Crippen molar-refractivity contribution < 1.29 is 0 Å². The molecule has 0 spiro atoms. The summed E-state index contributed by atoms with van der Waals surface area (Å²) in [6.07, 6.45) is 8.34. The molecule has 0 aliphatic heterocycles. The lowest BCUT2D eigenvalue weighted by atomic mass is 9.87. The number of nitrogen functional groups attached to an aromatic ring is 1. The van der Waals surface area contributed by atoms with Crippen molar-refractivity contribution in [2.24, 2.45) is 5.92 Å². The number of rotatable bonds is 4. The Morgan fingerprint density at radius 2 is 2.06 bits per heavy atom. The molecule has 1 heterocycles. The fraction of sp³-hybridized carbons (Fsp3) is 0.615. The molecule has 0 bridgehead atoms. The van der Waals surface area contributed by atoms with Gasteiger partial charge in [-0.2, -0.15) is 0 Å². The van der Waals surface area contributed by atoms with E-state index in [9.17, 15) is 0 Å². The summed E-state index contributed by atoms with van der Waals surface area (Å²) in [5, 5.41) is 3.34. The first kappa shape index (κ1) is 11.2. The molecule has 3 heteroatoms. The highest BCUT2D eigenvalue weighted by molar-refractivity contribution is 5.41. The van der Waals surface area contributed by atoms with Crippen LogP contribution in [-0.4, -0.2) is 11.5 Å². The van der Waals surface area contributed by atoms with Crippen molar-refractivity contribution in [3.05, 3.63) is 18.2 Å². The first-order valence-corrected chi connectivity index (χ1v) is 6.31. The summed E-state index contributed by atoms with van der Waals surface area (Å²) < 4.78 is 0. The molecule has 0 radical (unpaired) electrons. The molecular formula is C13H21N3. The highest BCUT2D eigenvalue weighted by atomic mass is 15.0. The lowest BCUT2D eigenvalue weighted by Gasteiger charge is -2.21. The molecule has 1 fully saturated rings. The predicted molar refractivity (Wildman–Crippen MR) is 68.3 cm³/mol. The summed E-state index contributed by atoms with van der Waals surface area (Å²) in [4.78, 5) is 4.22. The number of hydrogen-bond acceptors (Lipinski definition) is 3. The molecule has 0 saturated heterocycles. The molecular weight excluding hydrogens is 198 g/mol.